The van der Waals surface area contributed by atoms with E-state index in [0.717, 1.165) is 18.5 Å². The van der Waals surface area contributed by atoms with E-state index in [9.17, 15) is 0 Å². The molecule has 2 atom stereocenters. The van der Waals surface area contributed by atoms with Crippen molar-refractivity contribution in [1.29, 1.82) is 0 Å². The molecule has 1 aromatic carbocycles. The van der Waals surface area contributed by atoms with Gasteiger partial charge in [-0.05, 0) is 29.7 Å². The van der Waals surface area contributed by atoms with Crippen LogP contribution in [0.15, 0.2) is 30.3 Å². The van der Waals surface area contributed by atoms with E-state index in [0.29, 0.717) is 11.5 Å². The number of nitrogens with one attached hydrogen (secondary N) is 1. The minimum absolute atomic E-state index is 0.360. The molecule has 0 bridgehead atoms. The van der Waals surface area contributed by atoms with E-state index < -0.39 is 0 Å². The normalized spacial score (nSPS) is 28.6. The molecular weight excluding hydrogens is 244 g/mol. The third-order valence-corrected chi connectivity index (χ3v) is 4.50. The van der Waals surface area contributed by atoms with Crippen molar-refractivity contribution in [2.24, 2.45) is 11.3 Å². The first-order valence-corrected chi connectivity index (χ1v) is 8.05. The van der Waals surface area contributed by atoms with Crippen molar-refractivity contribution in [3.8, 4) is 0 Å². The van der Waals surface area contributed by atoms with Crippen LogP contribution in [0.1, 0.15) is 45.2 Å². The van der Waals surface area contributed by atoms with Gasteiger partial charge in [0.05, 0.1) is 0 Å². The van der Waals surface area contributed by atoms with Gasteiger partial charge in [0, 0.05) is 31.7 Å². The minimum Gasteiger partial charge on any atom is -0.311 e. The molecule has 0 aromatic heterocycles. The van der Waals surface area contributed by atoms with Gasteiger partial charge in [0.2, 0.25) is 0 Å². The molecule has 1 saturated heterocycles. The van der Waals surface area contributed by atoms with Crippen LogP contribution >= 0.6 is 0 Å². The molecule has 1 aliphatic carbocycles. The predicted molar refractivity (Wildman–Crippen MR) is 84.7 cm³/mol. The second kappa shape index (κ2) is 5.50. The van der Waals surface area contributed by atoms with E-state index >= 15 is 0 Å². The molecule has 0 radical (unpaired) electrons. The van der Waals surface area contributed by atoms with E-state index in [1.54, 1.807) is 0 Å². The van der Waals surface area contributed by atoms with Crippen molar-refractivity contribution in [2.45, 2.75) is 45.7 Å². The first kappa shape index (κ1) is 14.1. The molecule has 3 rings (SSSR count). The van der Waals surface area contributed by atoms with Crippen LogP contribution in [0.4, 0.5) is 0 Å². The number of benzene rings is 1. The van der Waals surface area contributed by atoms with E-state index in [2.05, 4.69) is 61.3 Å². The molecule has 1 aromatic rings. The summed E-state index contributed by atoms with van der Waals surface area (Å²) in [5.41, 5.74) is 1.82. The van der Waals surface area contributed by atoms with Gasteiger partial charge in [0.1, 0.15) is 0 Å². The number of hydrogen-bond donors (Lipinski definition) is 1. The maximum atomic E-state index is 3.80. The van der Waals surface area contributed by atoms with Gasteiger partial charge in [0.15, 0.2) is 0 Å². The van der Waals surface area contributed by atoms with E-state index in [4.69, 9.17) is 0 Å². The lowest BCUT2D eigenvalue weighted by atomic mass is 9.92. The third-order valence-electron chi connectivity index (χ3n) is 4.50. The lowest BCUT2D eigenvalue weighted by molar-refractivity contribution is 0.0845. The fraction of sp³-hybridized carbons (Fsp3) is 0.667. The van der Waals surface area contributed by atoms with Gasteiger partial charge in [-0.1, -0.05) is 51.1 Å². The fourth-order valence-electron chi connectivity index (χ4n) is 3.44. The smallest absolute Gasteiger partial charge is 0.0473 e. The highest BCUT2D eigenvalue weighted by Gasteiger charge is 2.38. The lowest BCUT2D eigenvalue weighted by Gasteiger charge is -2.43. The Hall–Kier alpha value is -0.860. The van der Waals surface area contributed by atoms with Crippen molar-refractivity contribution in [2.75, 3.05) is 19.6 Å². The van der Waals surface area contributed by atoms with Crippen LogP contribution in [-0.2, 0) is 0 Å². The van der Waals surface area contributed by atoms with Crippen LogP contribution in [0.3, 0.4) is 0 Å². The van der Waals surface area contributed by atoms with E-state index in [1.165, 1.54) is 31.5 Å². The molecule has 110 valence electrons. The highest BCUT2D eigenvalue weighted by molar-refractivity contribution is 5.20. The van der Waals surface area contributed by atoms with Crippen molar-refractivity contribution >= 4 is 0 Å². The molecule has 2 nitrogen and oxygen atoms in total. The Bertz CT molecular complexity index is 430. The van der Waals surface area contributed by atoms with Crippen LogP contribution in [-0.4, -0.2) is 30.6 Å². The van der Waals surface area contributed by atoms with Gasteiger partial charge in [-0.15, -0.1) is 0 Å². The monoisotopic (exact) mass is 272 g/mol. The zero-order valence-corrected chi connectivity index (χ0v) is 13.1. The Balaban J connectivity index is 1.76. The van der Waals surface area contributed by atoms with Crippen molar-refractivity contribution in [3.05, 3.63) is 35.9 Å². The Morgan fingerprint density at radius 2 is 1.85 bits per heavy atom. The summed E-state index contributed by atoms with van der Waals surface area (Å²) in [4.78, 5) is 2.72. The fourth-order valence-corrected chi connectivity index (χ4v) is 3.44. The van der Waals surface area contributed by atoms with Gasteiger partial charge in [0.25, 0.3) is 0 Å². The van der Waals surface area contributed by atoms with Crippen LogP contribution in [0.2, 0.25) is 0 Å². The number of nitrogens with zero attached hydrogens (tertiary/aromatic N) is 1. The summed E-state index contributed by atoms with van der Waals surface area (Å²) in [6, 6.07) is 12.2. The van der Waals surface area contributed by atoms with Crippen molar-refractivity contribution in [1.82, 2.24) is 10.2 Å². The second-order valence-electron chi connectivity index (χ2n) is 7.77. The van der Waals surface area contributed by atoms with Gasteiger partial charge in [-0.2, -0.15) is 0 Å². The zero-order chi connectivity index (χ0) is 14.2. The molecule has 1 saturated carbocycles. The highest BCUT2D eigenvalue weighted by Crippen LogP contribution is 2.37. The lowest BCUT2D eigenvalue weighted by Crippen LogP contribution is -2.54. The Kier molecular flexibility index (Phi) is 3.87. The highest BCUT2D eigenvalue weighted by atomic mass is 15.2. The molecule has 1 aliphatic heterocycles. The molecule has 1 N–H and O–H groups in total. The van der Waals surface area contributed by atoms with Gasteiger partial charge in [-0.3, -0.25) is 4.90 Å². The standard InChI is InChI=1S/C18H28N2/c1-18(2,3)13-20-12-16(14-9-10-14)19-11-17(20)15-7-5-4-6-8-15/h4-8,14,16-17,19H,9-13H2,1-3H3. The molecule has 1 heterocycles. The maximum Gasteiger partial charge on any atom is 0.0473 e. The summed E-state index contributed by atoms with van der Waals surface area (Å²) in [5.74, 6) is 0.939. The molecule has 0 spiro atoms. The number of rotatable bonds is 3. The SMILES string of the molecule is CC(C)(C)CN1CC(C2CC2)NCC1c1ccccc1. The third kappa shape index (κ3) is 3.42. The maximum absolute atomic E-state index is 3.80. The summed E-state index contributed by atoms with van der Waals surface area (Å²) in [6.07, 6.45) is 2.86. The quantitative estimate of drug-likeness (QED) is 0.906. The Morgan fingerprint density at radius 1 is 1.15 bits per heavy atom. The van der Waals surface area contributed by atoms with Crippen LogP contribution in [0.25, 0.3) is 0 Å². The van der Waals surface area contributed by atoms with E-state index in [1.807, 2.05) is 0 Å². The van der Waals surface area contributed by atoms with Gasteiger partial charge >= 0.3 is 0 Å². The van der Waals surface area contributed by atoms with Gasteiger partial charge < -0.3 is 5.32 Å². The minimum atomic E-state index is 0.360. The first-order valence-electron chi connectivity index (χ1n) is 8.05. The number of piperazine rings is 1. The largest absolute Gasteiger partial charge is 0.311 e. The van der Waals surface area contributed by atoms with Crippen molar-refractivity contribution in [3.63, 3.8) is 0 Å². The topological polar surface area (TPSA) is 15.3 Å². The average molecular weight is 272 g/mol. The molecule has 2 fully saturated rings. The van der Waals surface area contributed by atoms with Crippen LogP contribution in [0.5, 0.6) is 0 Å². The van der Waals surface area contributed by atoms with E-state index in [-0.39, 0.29) is 0 Å². The number of hydrogen-bond acceptors (Lipinski definition) is 2. The molecule has 20 heavy (non-hydrogen) atoms. The summed E-state index contributed by atoms with van der Waals surface area (Å²) in [6.45, 7) is 10.5. The first-order chi connectivity index (χ1) is 9.53. The summed E-state index contributed by atoms with van der Waals surface area (Å²) in [7, 11) is 0. The summed E-state index contributed by atoms with van der Waals surface area (Å²) >= 11 is 0. The van der Waals surface area contributed by atoms with Crippen molar-refractivity contribution < 1.29 is 0 Å². The summed E-state index contributed by atoms with van der Waals surface area (Å²) < 4.78 is 0. The summed E-state index contributed by atoms with van der Waals surface area (Å²) in [5, 5.41) is 3.80. The average Bonchev–Trinajstić information content (AvgIpc) is 3.22. The molecule has 2 heteroatoms. The zero-order valence-electron chi connectivity index (χ0n) is 13.1. The molecule has 2 aliphatic rings. The Morgan fingerprint density at radius 3 is 2.45 bits per heavy atom. The molecule has 0 amide bonds. The second-order valence-corrected chi connectivity index (χ2v) is 7.77. The Labute approximate surface area is 123 Å². The van der Waals surface area contributed by atoms with Gasteiger partial charge in [-0.25, -0.2) is 0 Å². The molecular formula is C18H28N2. The predicted octanol–water partition coefficient (Wildman–Crippen LogP) is 3.46. The molecule has 2 unspecified atom stereocenters. The van der Waals surface area contributed by atoms with Crippen LogP contribution < -0.4 is 5.32 Å². The van der Waals surface area contributed by atoms with Crippen LogP contribution in [0, 0.1) is 11.3 Å².